The molecule has 0 aliphatic carbocycles. The predicted octanol–water partition coefficient (Wildman–Crippen LogP) is -0.463. The van der Waals surface area contributed by atoms with Gasteiger partial charge in [0.15, 0.2) is 4.90 Å². The number of hydrogen-bond acceptors (Lipinski definition) is 7. The number of nitrogen functional groups attached to an aromatic ring is 1. The van der Waals surface area contributed by atoms with Crippen molar-refractivity contribution in [2.24, 2.45) is 5.84 Å². The van der Waals surface area contributed by atoms with Crippen molar-refractivity contribution >= 4 is 32.2 Å². The van der Waals surface area contributed by atoms with Crippen LogP contribution in [0.4, 0.5) is 11.4 Å². The van der Waals surface area contributed by atoms with Crippen molar-refractivity contribution in [3.05, 3.63) is 28.3 Å². The summed E-state index contributed by atoms with van der Waals surface area (Å²) < 4.78 is 37.0. The summed E-state index contributed by atoms with van der Waals surface area (Å²) in [5.41, 5.74) is 1.82. The normalized spacial score (nSPS) is 12.9. The average Bonchev–Trinajstić information content (AvgIpc) is 2.37. The minimum Gasteiger partial charge on any atom is -0.324 e. The van der Waals surface area contributed by atoms with E-state index < -0.39 is 36.3 Å². The van der Waals surface area contributed by atoms with Crippen LogP contribution in [-0.4, -0.2) is 36.1 Å². The van der Waals surface area contributed by atoms with Gasteiger partial charge in [-0.2, -0.15) is 0 Å². The summed E-state index contributed by atoms with van der Waals surface area (Å²) in [4.78, 5) is 9.63. The monoisotopic (exact) mass is 322 g/mol. The van der Waals surface area contributed by atoms with Crippen LogP contribution in [0.25, 0.3) is 0 Å². The highest BCUT2D eigenvalue weighted by Gasteiger charge is 2.25. The van der Waals surface area contributed by atoms with E-state index in [-0.39, 0.29) is 18.0 Å². The lowest BCUT2D eigenvalue weighted by molar-refractivity contribution is -0.387. The van der Waals surface area contributed by atoms with Crippen molar-refractivity contribution in [3.63, 3.8) is 0 Å². The van der Waals surface area contributed by atoms with E-state index in [4.69, 9.17) is 5.84 Å². The lowest BCUT2D eigenvalue weighted by Crippen LogP contribution is -2.28. The minimum atomic E-state index is -4.05. The molecular formula is C9H14N4O5S2. The van der Waals surface area contributed by atoms with Gasteiger partial charge in [-0.05, 0) is 12.1 Å². The van der Waals surface area contributed by atoms with E-state index in [0.29, 0.717) is 0 Å². The molecule has 1 unspecified atom stereocenters. The largest absolute Gasteiger partial charge is 0.324 e. The van der Waals surface area contributed by atoms with Crippen LogP contribution in [0.2, 0.25) is 0 Å². The molecule has 0 saturated heterocycles. The summed E-state index contributed by atoms with van der Waals surface area (Å²) in [6.45, 7) is -0.0700. The number of nitrogens with two attached hydrogens (primary N) is 1. The Morgan fingerprint density at radius 1 is 1.45 bits per heavy atom. The highest BCUT2D eigenvalue weighted by atomic mass is 32.2. The zero-order valence-corrected chi connectivity index (χ0v) is 12.2. The van der Waals surface area contributed by atoms with E-state index in [1.54, 1.807) is 0 Å². The van der Waals surface area contributed by atoms with Crippen molar-refractivity contribution in [1.29, 1.82) is 0 Å². The van der Waals surface area contributed by atoms with Gasteiger partial charge in [0.1, 0.15) is 0 Å². The maximum absolute atomic E-state index is 12.0. The standard InChI is InChI=1S/C9H14N4O5S2/c1-19(16)5-4-11-20(17,18)9-3-2-7(12-10)6-8(9)13(14)15/h2-3,6,11-12H,4-5,10H2,1H3. The molecule has 11 heteroatoms. The lowest BCUT2D eigenvalue weighted by Gasteiger charge is -2.08. The first-order valence-electron chi connectivity index (χ1n) is 5.32. The van der Waals surface area contributed by atoms with Crippen molar-refractivity contribution in [2.45, 2.75) is 4.90 Å². The molecule has 1 rings (SSSR count). The molecule has 1 aromatic rings. The van der Waals surface area contributed by atoms with Gasteiger partial charge in [0.2, 0.25) is 10.0 Å². The Bertz CT molecular complexity index is 631. The molecule has 0 fully saturated rings. The number of nitrogens with one attached hydrogen (secondary N) is 2. The van der Waals surface area contributed by atoms with Crippen LogP contribution in [-0.2, 0) is 20.8 Å². The molecule has 0 spiro atoms. The Morgan fingerprint density at radius 2 is 2.10 bits per heavy atom. The van der Waals surface area contributed by atoms with Crippen LogP contribution in [0.5, 0.6) is 0 Å². The third kappa shape index (κ3) is 4.23. The molecule has 0 aliphatic heterocycles. The number of sulfonamides is 1. The second kappa shape index (κ2) is 6.74. The maximum atomic E-state index is 12.0. The van der Waals surface area contributed by atoms with Crippen molar-refractivity contribution < 1.29 is 17.6 Å². The van der Waals surface area contributed by atoms with Crippen LogP contribution in [0.3, 0.4) is 0 Å². The fourth-order valence-corrected chi connectivity index (χ4v) is 3.08. The third-order valence-electron chi connectivity index (χ3n) is 2.29. The average molecular weight is 322 g/mol. The first-order chi connectivity index (χ1) is 9.27. The number of nitrogens with zero attached hydrogens (tertiary/aromatic N) is 1. The van der Waals surface area contributed by atoms with Gasteiger partial charge < -0.3 is 5.43 Å². The summed E-state index contributed by atoms with van der Waals surface area (Å²) in [7, 11) is -5.21. The van der Waals surface area contributed by atoms with Crippen LogP contribution in [0.15, 0.2) is 23.1 Å². The summed E-state index contributed by atoms with van der Waals surface area (Å²) in [5, 5.41) is 10.9. The molecule has 0 radical (unpaired) electrons. The molecule has 0 aromatic heterocycles. The summed E-state index contributed by atoms with van der Waals surface area (Å²) in [5.74, 6) is 5.24. The number of hydrogen-bond donors (Lipinski definition) is 3. The molecule has 0 bridgehead atoms. The quantitative estimate of drug-likeness (QED) is 0.350. The van der Waals surface area contributed by atoms with E-state index in [2.05, 4.69) is 10.1 Å². The van der Waals surface area contributed by atoms with Crippen LogP contribution < -0.4 is 16.0 Å². The highest BCUT2D eigenvalue weighted by Crippen LogP contribution is 2.26. The molecule has 4 N–H and O–H groups in total. The Morgan fingerprint density at radius 3 is 2.60 bits per heavy atom. The minimum absolute atomic E-state index is 0.0700. The van der Waals surface area contributed by atoms with Gasteiger partial charge in [0.05, 0.1) is 10.6 Å². The van der Waals surface area contributed by atoms with E-state index in [1.807, 2.05) is 0 Å². The van der Waals surface area contributed by atoms with Crippen LogP contribution in [0.1, 0.15) is 0 Å². The smallest absolute Gasteiger partial charge is 0.291 e. The van der Waals surface area contributed by atoms with Gasteiger partial charge in [-0.1, -0.05) is 0 Å². The second-order valence-electron chi connectivity index (χ2n) is 3.76. The molecule has 0 heterocycles. The fourth-order valence-electron chi connectivity index (χ4n) is 1.37. The summed E-state index contributed by atoms with van der Waals surface area (Å²) in [6.07, 6.45) is 1.43. The van der Waals surface area contributed by atoms with Crippen LogP contribution >= 0.6 is 0 Å². The number of hydrazine groups is 1. The van der Waals surface area contributed by atoms with E-state index >= 15 is 0 Å². The fraction of sp³-hybridized carbons (Fsp3) is 0.333. The van der Waals surface area contributed by atoms with Crippen molar-refractivity contribution in [3.8, 4) is 0 Å². The molecule has 20 heavy (non-hydrogen) atoms. The van der Waals surface area contributed by atoms with Crippen molar-refractivity contribution in [2.75, 3.05) is 24.0 Å². The van der Waals surface area contributed by atoms with E-state index in [9.17, 15) is 22.7 Å². The van der Waals surface area contributed by atoms with Gasteiger partial charge in [0, 0.05) is 35.4 Å². The first-order valence-corrected chi connectivity index (χ1v) is 8.53. The van der Waals surface area contributed by atoms with Crippen LogP contribution in [0, 0.1) is 10.1 Å². The molecule has 1 aromatic carbocycles. The van der Waals surface area contributed by atoms with E-state index in [1.165, 1.54) is 12.3 Å². The van der Waals surface area contributed by atoms with E-state index in [0.717, 1.165) is 12.1 Å². The molecule has 9 nitrogen and oxygen atoms in total. The topological polar surface area (TPSA) is 144 Å². The molecule has 1 atom stereocenters. The highest BCUT2D eigenvalue weighted by molar-refractivity contribution is 7.89. The van der Waals surface area contributed by atoms with Gasteiger partial charge in [-0.25, -0.2) is 13.1 Å². The number of nitro groups is 1. The van der Waals surface area contributed by atoms with Crippen molar-refractivity contribution in [1.82, 2.24) is 4.72 Å². The molecule has 112 valence electrons. The zero-order chi connectivity index (χ0) is 15.3. The Kier molecular flexibility index (Phi) is 5.56. The number of benzene rings is 1. The van der Waals surface area contributed by atoms with Gasteiger partial charge >= 0.3 is 0 Å². The van der Waals surface area contributed by atoms with Gasteiger partial charge in [-0.15, -0.1) is 0 Å². The number of nitro benzene ring substituents is 1. The molecule has 0 saturated carbocycles. The van der Waals surface area contributed by atoms with Gasteiger partial charge in [-0.3, -0.25) is 20.2 Å². The number of anilines is 1. The SMILES string of the molecule is CS(=O)CCNS(=O)(=O)c1ccc(NN)cc1[N+](=O)[O-]. The Labute approximate surface area is 118 Å². The summed E-state index contributed by atoms with van der Waals surface area (Å²) in [6, 6.07) is 3.41. The molecular weight excluding hydrogens is 308 g/mol. The Hall–Kier alpha value is -1.56. The third-order valence-corrected chi connectivity index (χ3v) is 4.58. The van der Waals surface area contributed by atoms with Gasteiger partial charge in [0.25, 0.3) is 5.69 Å². The zero-order valence-electron chi connectivity index (χ0n) is 10.5. The Balaban J connectivity index is 3.11. The number of rotatable bonds is 7. The second-order valence-corrected chi connectivity index (χ2v) is 7.05. The molecule has 0 aliphatic rings. The summed E-state index contributed by atoms with van der Waals surface area (Å²) >= 11 is 0. The molecule has 0 amide bonds. The lowest BCUT2D eigenvalue weighted by atomic mass is 10.3. The predicted molar refractivity (Wildman–Crippen MR) is 75.0 cm³/mol. The maximum Gasteiger partial charge on any atom is 0.291 e. The first kappa shape index (κ1) is 16.5.